The highest BCUT2D eigenvalue weighted by Crippen LogP contribution is 2.17. The van der Waals surface area contributed by atoms with Crippen molar-refractivity contribution in [2.45, 2.75) is 11.4 Å². The lowest BCUT2D eigenvalue weighted by molar-refractivity contribution is 0.0730. The minimum atomic E-state index is -3.54. The lowest BCUT2D eigenvalue weighted by atomic mass is 10.2. The minimum Gasteiger partial charge on any atom is -0.379 e. The van der Waals surface area contributed by atoms with E-state index in [1.165, 1.54) is 34.6 Å². The lowest BCUT2D eigenvalue weighted by Gasteiger charge is -2.26. The van der Waals surface area contributed by atoms with E-state index in [9.17, 15) is 17.6 Å². The predicted molar refractivity (Wildman–Crippen MR) is 93.6 cm³/mol. The van der Waals surface area contributed by atoms with Gasteiger partial charge in [-0.1, -0.05) is 24.3 Å². The van der Waals surface area contributed by atoms with Gasteiger partial charge in [-0.3, -0.25) is 4.79 Å². The van der Waals surface area contributed by atoms with Gasteiger partial charge in [0.25, 0.3) is 5.91 Å². The summed E-state index contributed by atoms with van der Waals surface area (Å²) in [5.74, 6) is -1.11. The number of carbonyl (C=O) groups is 1. The van der Waals surface area contributed by atoms with Gasteiger partial charge in [-0.25, -0.2) is 12.8 Å². The van der Waals surface area contributed by atoms with E-state index in [1.54, 1.807) is 18.2 Å². The van der Waals surface area contributed by atoms with Gasteiger partial charge in [0.05, 0.1) is 23.7 Å². The predicted octanol–water partition coefficient (Wildman–Crippen LogP) is 1.78. The summed E-state index contributed by atoms with van der Waals surface area (Å²) in [7, 11) is -3.54. The van der Waals surface area contributed by atoms with Crippen LogP contribution in [0.2, 0.25) is 0 Å². The first-order chi connectivity index (χ1) is 12.5. The first kappa shape index (κ1) is 18.5. The number of sulfonamides is 1. The average Bonchev–Trinajstić information content (AvgIpc) is 2.67. The fourth-order valence-corrected chi connectivity index (χ4v) is 4.05. The Hall–Kier alpha value is -2.29. The molecule has 0 radical (unpaired) electrons. The highest BCUT2D eigenvalue weighted by molar-refractivity contribution is 7.89. The molecule has 6 nitrogen and oxygen atoms in total. The van der Waals surface area contributed by atoms with E-state index in [0.29, 0.717) is 26.3 Å². The van der Waals surface area contributed by atoms with Gasteiger partial charge in [0.1, 0.15) is 5.82 Å². The zero-order valence-electron chi connectivity index (χ0n) is 14.0. The van der Waals surface area contributed by atoms with E-state index in [0.717, 1.165) is 5.56 Å². The van der Waals surface area contributed by atoms with Crippen LogP contribution in [0.15, 0.2) is 53.4 Å². The molecule has 1 amide bonds. The van der Waals surface area contributed by atoms with Crippen molar-refractivity contribution in [3.63, 3.8) is 0 Å². The van der Waals surface area contributed by atoms with Crippen molar-refractivity contribution in [2.24, 2.45) is 0 Å². The number of nitrogens with zero attached hydrogens (tertiary/aromatic N) is 1. The number of hydrogen-bond acceptors (Lipinski definition) is 4. The van der Waals surface area contributed by atoms with Crippen LogP contribution in [0.5, 0.6) is 0 Å². The van der Waals surface area contributed by atoms with Crippen molar-refractivity contribution in [1.29, 1.82) is 0 Å². The Morgan fingerprint density at radius 2 is 1.73 bits per heavy atom. The molecule has 2 aromatic carbocycles. The molecule has 1 saturated heterocycles. The molecular formula is C18H19FN2O4S. The zero-order chi connectivity index (χ0) is 18.6. The highest BCUT2D eigenvalue weighted by atomic mass is 32.2. The standard InChI is InChI=1S/C18H19FN2O4S/c19-17-4-2-1-3-16(17)18(22)20-13-14-5-7-15(8-6-14)26(23,24)21-9-11-25-12-10-21/h1-8H,9-13H2,(H,20,22). The molecule has 0 unspecified atom stereocenters. The summed E-state index contributed by atoms with van der Waals surface area (Å²) in [6.07, 6.45) is 0. The van der Waals surface area contributed by atoms with E-state index in [4.69, 9.17) is 4.74 Å². The Morgan fingerprint density at radius 3 is 2.38 bits per heavy atom. The molecule has 8 heteroatoms. The molecule has 2 aromatic rings. The van der Waals surface area contributed by atoms with E-state index >= 15 is 0 Å². The van der Waals surface area contributed by atoms with E-state index < -0.39 is 21.7 Å². The molecule has 0 spiro atoms. The SMILES string of the molecule is O=C(NCc1ccc(S(=O)(=O)N2CCOCC2)cc1)c1ccccc1F. The summed E-state index contributed by atoms with van der Waals surface area (Å²) in [5, 5.41) is 2.62. The van der Waals surface area contributed by atoms with Crippen LogP contribution in [-0.2, 0) is 21.3 Å². The van der Waals surface area contributed by atoms with Gasteiger partial charge in [0.15, 0.2) is 0 Å². The quantitative estimate of drug-likeness (QED) is 0.861. The molecule has 0 saturated carbocycles. The second kappa shape index (κ2) is 7.94. The van der Waals surface area contributed by atoms with Gasteiger partial charge in [0.2, 0.25) is 10.0 Å². The Morgan fingerprint density at radius 1 is 1.08 bits per heavy atom. The van der Waals surface area contributed by atoms with Crippen LogP contribution in [0.3, 0.4) is 0 Å². The number of hydrogen-bond donors (Lipinski definition) is 1. The molecule has 1 aliphatic heterocycles. The minimum absolute atomic E-state index is 0.0287. The zero-order valence-corrected chi connectivity index (χ0v) is 14.8. The first-order valence-electron chi connectivity index (χ1n) is 8.18. The molecule has 138 valence electrons. The normalized spacial score (nSPS) is 15.6. The van der Waals surface area contributed by atoms with Gasteiger partial charge in [0, 0.05) is 19.6 Å². The monoisotopic (exact) mass is 378 g/mol. The van der Waals surface area contributed by atoms with Crippen LogP contribution in [-0.4, -0.2) is 44.9 Å². The van der Waals surface area contributed by atoms with Crippen molar-refractivity contribution >= 4 is 15.9 Å². The van der Waals surface area contributed by atoms with Crippen LogP contribution in [0.25, 0.3) is 0 Å². The Bertz CT molecular complexity index is 878. The maximum Gasteiger partial charge on any atom is 0.254 e. The molecule has 0 aromatic heterocycles. The number of amides is 1. The Balaban J connectivity index is 1.64. The fourth-order valence-electron chi connectivity index (χ4n) is 2.64. The van der Waals surface area contributed by atoms with Crippen molar-refractivity contribution in [3.05, 3.63) is 65.5 Å². The van der Waals surface area contributed by atoms with Crippen molar-refractivity contribution in [3.8, 4) is 0 Å². The third-order valence-corrected chi connectivity index (χ3v) is 6.02. The van der Waals surface area contributed by atoms with E-state index in [1.807, 2.05) is 0 Å². The van der Waals surface area contributed by atoms with Crippen LogP contribution in [0, 0.1) is 5.82 Å². The van der Waals surface area contributed by atoms with Gasteiger partial charge in [-0.2, -0.15) is 4.31 Å². The molecule has 26 heavy (non-hydrogen) atoms. The summed E-state index contributed by atoms with van der Waals surface area (Å²) >= 11 is 0. The number of benzene rings is 2. The molecule has 0 bridgehead atoms. The van der Waals surface area contributed by atoms with Gasteiger partial charge >= 0.3 is 0 Å². The smallest absolute Gasteiger partial charge is 0.254 e. The summed E-state index contributed by atoms with van der Waals surface area (Å²) in [5.41, 5.74) is 0.689. The fraction of sp³-hybridized carbons (Fsp3) is 0.278. The maximum atomic E-state index is 13.6. The molecular weight excluding hydrogens is 359 g/mol. The summed E-state index contributed by atoms with van der Waals surface area (Å²) in [6, 6.07) is 12.0. The van der Waals surface area contributed by atoms with E-state index in [2.05, 4.69) is 5.32 Å². The Labute approximate surface area is 151 Å². The number of ether oxygens (including phenoxy) is 1. The van der Waals surface area contributed by atoms with Crippen molar-refractivity contribution in [1.82, 2.24) is 9.62 Å². The molecule has 0 atom stereocenters. The summed E-state index contributed by atoms with van der Waals surface area (Å²) in [6.45, 7) is 1.62. The first-order valence-corrected chi connectivity index (χ1v) is 9.62. The average molecular weight is 378 g/mol. The highest BCUT2D eigenvalue weighted by Gasteiger charge is 2.26. The van der Waals surface area contributed by atoms with Crippen LogP contribution < -0.4 is 5.32 Å². The molecule has 1 aliphatic rings. The second-order valence-electron chi connectivity index (χ2n) is 5.82. The van der Waals surface area contributed by atoms with E-state index in [-0.39, 0.29) is 17.0 Å². The molecule has 3 rings (SSSR count). The van der Waals surface area contributed by atoms with Crippen molar-refractivity contribution in [2.75, 3.05) is 26.3 Å². The molecule has 1 fully saturated rings. The summed E-state index contributed by atoms with van der Waals surface area (Å²) in [4.78, 5) is 12.2. The lowest BCUT2D eigenvalue weighted by Crippen LogP contribution is -2.40. The Kier molecular flexibility index (Phi) is 5.65. The largest absolute Gasteiger partial charge is 0.379 e. The maximum absolute atomic E-state index is 13.6. The van der Waals surface area contributed by atoms with Crippen LogP contribution in [0.4, 0.5) is 4.39 Å². The number of morpholine rings is 1. The van der Waals surface area contributed by atoms with Gasteiger partial charge < -0.3 is 10.1 Å². The summed E-state index contributed by atoms with van der Waals surface area (Å²) < 4.78 is 45.2. The third-order valence-electron chi connectivity index (χ3n) is 4.10. The number of carbonyl (C=O) groups excluding carboxylic acids is 1. The number of nitrogens with one attached hydrogen (secondary N) is 1. The van der Waals surface area contributed by atoms with Crippen LogP contribution in [0.1, 0.15) is 15.9 Å². The molecule has 1 N–H and O–H groups in total. The second-order valence-corrected chi connectivity index (χ2v) is 7.76. The number of halogens is 1. The van der Waals surface area contributed by atoms with Crippen LogP contribution >= 0.6 is 0 Å². The number of rotatable bonds is 5. The molecule has 1 heterocycles. The molecule has 0 aliphatic carbocycles. The van der Waals surface area contributed by atoms with Gasteiger partial charge in [-0.05, 0) is 29.8 Å². The van der Waals surface area contributed by atoms with Crippen molar-refractivity contribution < 1.29 is 22.3 Å². The third kappa shape index (κ3) is 4.09. The van der Waals surface area contributed by atoms with Gasteiger partial charge in [-0.15, -0.1) is 0 Å². The topological polar surface area (TPSA) is 75.7 Å².